The molecule has 30 heavy (non-hydrogen) atoms. The lowest BCUT2D eigenvalue weighted by Gasteiger charge is -2.32. The molecule has 2 aliphatic rings. The standard InChI is InChI=1S/C22H18N4O3S/c23-11-15-2-4-19-18(10-15)24-22(30-19)26-8-7-25(12-20(26)27)6-5-14-1-3-17-16(9-14)13-29-21(17)28/h1-4,9-10H,5-8,12-13H2. The number of carbonyl (C=O) groups is 2. The van der Waals surface area contributed by atoms with Crippen molar-refractivity contribution in [3.05, 3.63) is 58.7 Å². The first-order valence-electron chi connectivity index (χ1n) is 9.73. The van der Waals surface area contributed by atoms with Crippen LogP contribution >= 0.6 is 11.3 Å². The van der Waals surface area contributed by atoms with E-state index in [2.05, 4.69) is 16.0 Å². The lowest BCUT2D eigenvalue weighted by atomic mass is 10.0. The van der Waals surface area contributed by atoms with Crippen LogP contribution in [0.15, 0.2) is 36.4 Å². The Morgan fingerprint density at radius 2 is 2.07 bits per heavy atom. The second-order valence-electron chi connectivity index (χ2n) is 7.43. The summed E-state index contributed by atoms with van der Waals surface area (Å²) >= 11 is 1.48. The third-order valence-electron chi connectivity index (χ3n) is 5.50. The van der Waals surface area contributed by atoms with E-state index in [-0.39, 0.29) is 11.9 Å². The van der Waals surface area contributed by atoms with Crippen molar-refractivity contribution >= 4 is 38.6 Å². The Morgan fingerprint density at radius 1 is 1.17 bits per heavy atom. The van der Waals surface area contributed by atoms with Crippen LogP contribution in [0.5, 0.6) is 0 Å². The number of aromatic nitrogens is 1. The molecule has 0 saturated carbocycles. The van der Waals surface area contributed by atoms with Gasteiger partial charge in [0, 0.05) is 25.2 Å². The van der Waals surface area contributed by atoms with E-state index < -0.39 is 0 Å². The number of rotatable bonds is 4. The summed E-state index contributed by atoms with van der Waals surface area (Å²) in [5.41, 5.74) is 4.05. The summed E-state index contributed by atoms with van der Waals surface area (Å²) < 4.78 is 6.03. The molecule has 1 aromatic heterocycles. The number of nitrogens with zero attached hydrogens (tertiary/aromatic N) is 4. The fourth-order valence-corrected chi connectivity index (χ4v) is 4.83. The fraction of sp³-hybridized carbons (Fsp3) is 0.273. The van der Waals surface area contributed by atoms with Crippen LogP contribution in [-0.4, -0.2) is 47.9 Å². The Morgan fingerprint density at radius 3 is 2.90 bits per heavy atom. The Labute approximate surface area is 177 Å². The Bertz CT molecular complexity index is 1210. The van der Waals surface area contributed by atoms with Crippen LogP contribution in [0.3, 0.4) is 0 Å². The second kappa shape index (κ2) is 7.52. The third kappa shape index (κ3) is 3.43. The summed E-state index contributed by atoms with van der Waals surface area (Å²) in [4.78, 5) is 32.8. The molecule has 2 aliphatic heterocycles. The minimum absolute atomic E-state index is 0.0359. The van der Waals surface area contributed by atoms with Crippen molar-refractivity contribution in [2.45, 2.75) is 13.0 Å². The van der Waals surface area contributed by atoms with Gasteiger partial charge in [0.2, 0.25) is 5.91 Å². The van der Waals surface area contributed by atoms with Gasteiger partial charge in [-0.1, -0.05) is 23.5 Å². The molecule has 8 heteroatoms. The Kier molecular flexibility index (Phi) is 4.69. The van der Waals surface area contributed by atoms with Crippen LogP contribution < -0.4 is 4.90 Å². The molecule has 1 amide bonds. The summed E-state index contributed by atoms with van der Waals surface area (Å²) in [7, 11) is 0. The van der Waals surface area contributed by atoms with Gasteiger partial charge < -0.3 is 4.74 Å². The van der Waals surface area contributed by atoms with Gasteiger partial charge >= 0.3 is 5.97 Å². The number of ether oxygens (including phenoxy) is 1. The summed E-state index contributed by atoms with van der Waals surface area (Å²) in [6.07, 6.45) is 0.812. The zero-order chi connectivity index (χ0) is 20.7. The number of amides is 1. The van der Waals surface area contributed by atoms with Gasteiger partial charge in [0.05, 0.1) is 34.0 Å². The summed E-state index contributed by atoms with van der Waals surface area (Å²) in [5, 5.41) is 9.74. The van der Waals surface area contributed by atoms with Crippen LogP contribution in [-0.2, 0) is 22.6 Å². The SMILES string of the molecule is N#Cc1ccc2sc(N3CCN(CCc4ccc5c(c4)COC5=O)CC3=O)nc2c1. The molecule has 1 fully saturated rings. The number of hydrogen-bond acceptors (Lipinski definition) is 7. The second-order valence-corrected chi connectivity index (χ2v) is 8.44. The summed E-state index contributed by atoms with van der Waals surface area (Å²) in [5.74, 6) is -0.217. The molecule has 5 rings (SSSR count). The smallest absolute Gasteiger partial charge is 0.338 e. The zero-order valence-electron chi connectivity index (χ0n) is 16.1. The number of anilines is 1. The average molecular weight is 418 g/mol. The highest BCUT2D eigenvalue weighted by atomic mass is 32.1. The number of piperazine rings is 1. The van der Waals surface area contributed by atoms with E-state index in [9.17, 15) is 9.59 Å². The molecule has 7 nitrogen and oxygen atoms in total. The van der Waals surface area contributed by atoms with Crippen molar-refractivity contribution in [2.75, 3.05) is 31.1 Å². The van der Waals surface area contributed by atoms with Crippen LogP contribution in [0, 0.1) is 11.3 Å². The highest BCUT2D eigenvalue weighted by Crippen LogP contribution is 2.30. The molecule has 3 heterocycles. The van der Waals surface area contributed by atoms with Crippen molar-refractivity contribution < 1.29 is 14.3 Å². The van der Waals surface area contributed by atoms with E-state index in [1.165, 1.54) is 11.3 Å². The molecule has 0 radical (unpaired) electrons. The quantitative estimate of drug-likeness (QED) is 0.606. The van der Waals surface area contributed by atoms with Crippen LogP contribution in [0.1, 0.15) is 27.0 Å². The van der Waals surface area contributed by atoms with Gasteiger partial charge in [-0.3, -0.25) is 14.6 Å². The van der Waals surface area contributed by atoms with E-state index in [0.717, 1.165) is 40.9 Å². The van der Waals surface area contributed by atoms with Crippen molar-refractivity contribution in [2.24, 2.45) is 0 Å². The number of carbonyl (C=O) groups excluding carboxylic acids is 2. The minimum atomic E-state index is -0.253. The lowest BCUT2D eigenvalue weighted by molar-refractivity contribution is -0.121. The Hall–Kier alpha value is -3.28. The highest BCUT2D eigenvalue weighted by Gasteiger charge is 2.27. The Balaban J connectivity index is 1.22. The first-order chi connectivity index (χ1) is 14.6. The first-order valence-corrected chi connectivity index (χ1v) is 10.5. The van der Waals surface area contributed by atoms with Crippen molar-refractivity contribution in [3.8, 4) is 6.07 Å². The van der Waals surface area contributed by atoms with E-state index in [4.69, 9.17) is 10.00 Å². The molecule has 0 aliphatic carbocycles. The monoisotopic (exact) mass is 418 g/mol. The van der Waals surface area contributed by atoms with E-state index in [1.54, 1.807) is 17.0 Å². The molecule has 0 unspecified atom stereocenters. The molecule has 150 valence electrons. The van der Waals surface area contributed by atoms with Gasteiger partial charge in [-0.05, 0) is 36.2 Å². The maximum Gasteiger partial charge on any atom is 0.338 e. The molecule has 1 saturated heterocycles. The van der Waals surface area contributed by atoms with Gasteiger partial charge in [-0.2, -0.15) is 5.26 Å². The molecule has 2 aromatic carbocycles. The molecule has 0 bridgehead atoms. The highest BCUT2D eigenvalue weighted by molar-refractivity contribution is 7.22. The molecule has 0 atom stereocenters. The van der Waals surface area contributed by atoms with Gasteiger partial charge in [-0.15, -0.1) is 0 Å². The predicted octanol–water partition coefficient (Wildman–Crippen LogP) is 2.73. The van der Waals surface area contributed by atoms with Gasteiger partial charge in [-0.25, -0.2) is 9.78 Å². The largest absolute Gasteiger partial charge is 0.457 e. The van der Waals surface area contributed by atoms with Gasteiger partial charge in [0.25, 0.3) is 0 Å². The van der Waals surface area contributed by atoms with Crippen molar-refractivity contribution in [1.82, 2.24) is 9.88 Å². The summed E-state index contributed by atoms with van der Waals surface area (Å²) in [6.45, 7) is 2.84. The van der Waals surface area contributed by atoms with Crippen LogP contribution in [0.4, 0.5) is 5.13 Å². The van der Waals surface area contributed by atoms with Crippen LogP contribution in [0.2, 0.25) is 0 Å². The topological polar surface area (TPSA) is 86.5 Å². The average Bonchev–Trinajstić information content (AvgIpc) is 3.35. The van der Waals surface area contributed by atoms with Crippen LogP contribution in [0.25, 0.3) is 10.2 Å². The number of thiazole rings is 1. The van der Waals surface area contributed by atoms with Gasteiger partial charge in [0.1, 0.15) is 6.61 Å². The predicted molar refractivity (Wildman–Crippen MR) is 112 cm³/mol. The molecule has 0 N–H and O–H groups in total. The maximum atomic E-state index is 12.8. The fourth-order valence-electron chi connectivity index (χ4n) is 3.84. The minimum Gasteiger partial charge on any atom is -0.457 e. The molecule has 3 aromatic rings. The van der Waals surface area contributed by atoms with Crippen molar-refractivity contribution in [1.29, 1.82) is 5.26 Å². The van der Waals surface area contributed by atoms with E-state index >= 15 is 0 Å². The number of fused-ring (bicyclic) bond motifs is 2. The third-order valence-corrected chi connectivity index (χ3v) is 6.56. The molecular weight excluding hydrogens is 400 g/mol. The maximum absolute atomic E-state index is 12.8. The van der Waals surface area contributed by atoms with E-state index in [0.29, 0.717) is 36.0 Å². The summed E-state index contributed by atoms with van der Waals surface area (Å²) in [6, 6.07) is 13.3. The number of benzene rings is 2. The van der Waals surface area contributed by atoms with E-state index in [1.807, 2.05) is 24.3 Å². The zero-order valence-corrected chi connectivity index (χ0v) is 16.9. The number of cyclic esters (lactones) is 1. The number of hydrogen-bond donors (Lipinski definition) is 0. The normalized spacial score (nSPS) is 16.6. The number of nitriles is 1. The molecular formula is C22H18N4O3S. The molecule has 0 spiro atoms. The van der Waals surface area contributed by atoms with Crippen molar-refractivity contribution in [3.63, 3.8) is 0 Å². The lowest BCUT2D eigenvalue weighted by Crippen LogP contribution is -2.50. The first kappa shape index (κ1) is 18.7. The number of esters is 1. The van der Waals surface area contributed by atoms with Gasteiger partial charge in [0.15, 0.2) is 5.13 Å².